The highest BCUT2D eigenvalue weighted by Crippen LogP contribution is 2.24. The zero-order chi connectivity index (χ0) is 20.8. The molecule has 1 heterocycles. The zero-order valence-corrected chi connectivity index (χ0v) is 17.6. The van der Waals surface area contributed by atoms with E-state index in [0.29, 0.717) is 21.6 Å². The van der Waals surface area contributed by atoms with Crippen molar-refractivity contribution in [3.8, 4) is 11.5 Å². The molecule has 2 aromatic carbocycles. The molecule has 0 spiro atoms. The molecule has 3 rings (SSSR count). The van der Waals surface area contributed by atoms with Crippen LogP contribution in [0.15, 0.2) is 58.2 Å². The van der Waals surface area contributed by atoms with Gasteiger partial charge in [-0.1, -0.05) is 47.1 Å². The normalized spacial score (nSPS) is 10.6. The van der Waals surface area contributed by atoms with Gasteiger partial charge in [0.2, 0.25) is 17.7 Å². The van der Waals surface area contributed by atoms with Crippen LogP contribution in [0.2, 0.25) is 10.0 Å². The van der Waals surface area contributed by atoms with E-state index in [1.807, 2.05) is 0 Å². The predicted octanol–water partition coefficient (Wildman–Crippen LogP) is 4.23. The standard InChI is InChI=1S/C19H16Cl2N4O3S/c1-25(10-16(26)22-15-5-3-2-4-14(15)21)17(27)11-29-19-24-23-18(28-19)12-6-8-13(20)9-7-12/h2-9H,10-11H2,1H3,(H,22,26). The number of amides is 2. The first kappa shape index (κ1) is 21.2. The topological polar surface area (TPSA) is 88.3 Å². The monoisotopic (exact) mass is 450 g/mol. The maximum atomic E-state index is 12.3. The Bertz CT molecular complexity index is 1010. The summed E-state index contributed by atoms with van der Waals surface area (Å²) in [5.74, 6) is -0.209. The first-order valence-corrected chi connectivity index (χ1v) is 10.2. The lowest BCUT2D eigenvalue weighted by Crippen LogP contribution is -2.36. The molecule has 3 aromatic rings. The van der Waals surface area contributed by atoms with Gasteiger partial charge in [-0.15, -0.1) is 10.2 Å². The number of likely N-dealkylation sites (N-methyl/N-ethyl adjacent to an activating group) is 1. The molecule has 1 aromatic heterocycles. The van der Waals surface area contributed by atoms with E-state index < -0.39 is 0 Å². The minimum absolute atomic E-state index is 0.0537. The van der Waals surface area contributed by atoms with Crippen LogP contribution < -0.4 is 5.32 Å². The van der Waals surface area contributed by atoms with E-state index in [2.05, 4.69) is 15.5 Å². The summed E-state index contributed by atoms with van der Waals surface area (Å²) in [4.78, 5) is 25.7. The molecular formula is C19H16Cl2N4O3S. The molecule has 0 radical (unpaired) electrons. The highest BCUT2D eigenvalue weighted by atomic mass is 35.5. The Balaban J connectivity index is 1.49. The smallest absolute Gasteiger partial charge is 0.277 e. The highest BCUT2D eigenvalue weighted by molar-refractivity contribution is 7.99. The van der Waals surface area contributed by atoms with Crippen LogP contribution in [0.1, 0.15) is 0 Å². The predicted molar refractivity (Wildman–Crippen MR) is 113 cm³/mol. The lowest BCUT2D eigenvalue weighted by molar-refractivity contribution is -0.131. The average Bonchev–Trinajstić information content (AvgIpc) is 3.17. The molecule has 0 fully saturated rings. The number of carbonyl (C=O) groups is 2. The van der Waals surface area contributed by atoms with E-state index in [-0.39, 0.29) is 29.3 Å². The number of halogens is 2. The SMILES string of the molecule is CN(CC(=O)Nc1ccccc1Cl)C(=O)CSc1nnc(-c2ccc(Cl)cc2)o1. The van der Waals surface area contributed by atoms with Crippen molar-refractivity contribution >= 4 is 52.5 Å². The molecular weight excluding hydrogens is 435 g/mol. The number of nitrogens with zero attached hydrogens (tertiary/aromatic N) is 3. The van der Waals surface area contributed by atoms with Crippen molar-refractivity contribution in [3.05, 3.63) is 58.6 Å². The van der Waals surface area contributed by atoms with Gasteiger partial charge < -0.3 is 14.6 Å². The maximum Gasteiger partial charge on any atom is 0.277 e. The highest BCUT2D eigenvalue weighted by Gasteiger charge is 2.16. The van der Waals surface area contributed by atoms with Gasteiger partial charge in [0.1, 0.15) is 0 Å². The van der Waals surface area contributed by atoms with Crippen molar-refractivity contribution in [2.75, 3.05) is 24.7 Å². The number of hydrogen-bond donors (Lipinski definition) is 1. The Labute approximate surface area is 181 Å². The zero-order valence-electron chi connectivity index (χ0n) is 15.3. The molecule has 0 atom stereocenters. The van der Waals surface area contributed by atoms with E-state index in [4.69, 9.17) is 27.6 Å². The maximum absolute atomic E-state index is 12.3. The number of benzene rings is 2. The molecule has 0 saturated carbocycles. The average molecular weight is 451 g/mol. The Morgan fingerprint density at radius 1 is 1.10 bits per heavy atom. The number of nitrogens with one attached hydrogen (secondary N) is 1. The molecule has 0 bridgehead atoms. The lowest BCUT2D eigenvalue weighted by Gasteiger charge is -2.16. The molecule has 0 aliphatic rings. The van der Waals surface area contributed by atoms with Crippen LogP contribution in [0, 0.1) is 0 Å². The fraction of sp³-hybridized carbons (Fsp3) is 0.158. The summed E-state index contributed by atoms with van der Waals surface area (Å²) in [6.07, 6.45) is 0. The largest absolute Gasteiger partial charge is 0.411 e. The quantitative estimate of drug-likeness (QED) is 0.541. The molecule has 10 heteroatoms. The van der Waals surface area contributed by atoms with Crippen LogP contribution in [0.5, 0.6) is 0 Å². The molecule has 0 saturated heterocycles. The number of rotatable bonds is 7. The van der Waals surface area contributed by atoms with Crippen molar-refractivity contribution in [3.63, 3.8) is 0 Å². The van der Waals surface area contributed by atoms with Crippen molar-refractivity contribution in [2.45, 2.75) is 5.22 Å². The van der Waals surface area contributed by atoms with Crippen molar-refractivity contribution < 1.29 is 14.0 Å². The number of para-hydroxylation sites is 1. The van der Waals surface area contributed by atoms with Gasteiger partial charge in [0.05, 0.1) is 23.0 Å². The van der Waals surface area contributed by atoms with Gasteiger partial charge in [0.25, 0.3) is 5.22 Å². The van der Waals surface area contributed by atoms with Gasteiger partial charge in [0, 0.05) is 17.6 Å². The van der Waals surface area contributed by atoms with Gasteiger partial charge in [-0.3, -0.25) is 9.59 Å². The van der Waals surface area contributed by atoms with Crippen LogP contribution >= 0.6 is 35.0 Å². The van der Waals surface area contributed by atoms with Gasteiger partial charge >= 0.3 is 0 Å². The Morgan fingerprint density at radius 2 is 1.83 bits per heavy atom. The Hall–Kier alpha value is -2.55. The Kier molecular flexibility index (Phi) is 7.13. The minimum Gasteiger partial charge on any atom is -0.411 e. The van der Waals surface area contributed by atoms with Gasteiger partial charge in [-0.2, -0.15) is 0 Å². The number of anilines is 1. The van der Waals surface area contributed by atoms with Crippen molar-refractivity contribution in [1.29, 1.82) is 0 Å². The van der Waals surface area contributed by atoms with Crippen molar-refractivity contribution in [1.82, 2.24) is 15.1 Å². The molecule has 0 unspecified atom stereocenters. The second-order valence-electron chi connectivity index (χ2n) is 5.95. The molecule has 0 aliphatic carbocycles. The van der Waals surface area contributed by atoms with E-state index in [1.54, 1.807) is 55.6 Å². The third kappa shape index (κ3) is 5.96. The van der Waals surface area contributed by atoms with Gasteiger partial charge in [0.15, 0.2) is 0 Å². The first-order chi connectivity index (χ1) is 13.9. The number of aromatic nitrogens is 2. The summed E-state index contributed by atoms with van der Waals surface area (Å²) in [7, 11) is 1.54. The summed E-state index contributed by atoms with van der Waals surface area (Å²) in [5, 5.41) is 11.9. The molecule has 2 amide bonds. The van der Waals surface area contributed by atoms with Crippen LogP contribution in [-0.4, -0.2) is 46.3 Å². The van der Waals surface area contributed by atoms with Crippen molar-refractivity contribution in [2.24, 2.45) is 0 Å². The van der Waals surface area contributed by atoms with Crippen LogP contribution in [0.3, 0.4) is 0 Å². The summed E-state index contributed by atoms with van der Waals surface area (Å²) < 4.78 is 5.55. The molecule has 1 N–H and O–H groups in total. The molecule has 29 heavy (non-hydrogen) atoms. The molecule has 0 aliphatic heterocycles. The van der Waals surface area contributed by atoms with E-state index in [0.717, 1.165) is 17.3 Å². The van der Waals surface area contributed by atoms with E-state index in [1.165, 1.54) is 4.90 Å². The summed E-state index contributed by atoms with van der Waals surface area (Å²) in [6.45, 7) is -0.107. The van der Waals surface area contributed by atoms with Crippen LogP contribution in [0.25, 0.3) is 11.5 Å². The third-order valence-electron chi connectivity index (χ3n) is 3.77. The summed E-state index contributed by atoms with van der Waals surface area (Å²) in [5.41, 5.74) is 1.23. The van der Waals surface area contributed by atoms with Gasteiger partial charge in [-0.05, 0) is 36.4 Å². The van der Waals surface area contributed by atoms with Crippen LogP contribution in [-0.2, 0) is 9.59 Å². The Morgan fingerprint density at radius 3 is 2.55 bits per heavy atom. The third-order valence-corrected chi connectivity index (χ3v) is 5.16. The minimum atomic E-state index is -0.346. The first-order valence-electron chi connectivity index (χ1n) is 8.43. The van der Waals surface area contributed by atoms with E-state index in [9.17, 15) is 9.59 Å². The number of hydrogen-bond acceptors (Lipinski definition) is 6. The van der Waals surface area contributed by atoms with Crippen LogP contribution in [0.4, 0.5) is 5.69 Å². The fourth-order valence-electron chi connectivity index (χ4n) is 2.27. The van der Waals surface area contributed by atoms with E-state index >= 15 is 0 Å². The number of thioether (sulfide) groups is 1. The molecule has 150 valence electrons. The van der Waals surface area contributed by atoms with Gasteiger partial charge in [-0.25, -0.2) is 0 Å². The second kappa shape index (κ2) is 9.78. The lowest BCUT2D eigenvalue weighted by atomic mass is 10.2. The number of carbonyl (C=O) groups excluding carboxylic acids is 2. The fourth-order valence-corrected chi connectivity index (χ4v) is 3.28. The molecule has 7 nitrogen and oxygen atoms in total. The summed E-state index contributed by atoms with van der Waals surface area (Å²) >= 11 is 13.0. The second-order valence-corrected chi connectivity index (χ2v) is 7.72. The summed E-state index contributed by atoms with van der Waals surface area (Å²) in [6, 6.07) is 13.9.